The molecule has 29 heavy (non-hydrogen) atoms. The first kappa shape index (κ1) is 19.2. The van der Waals surface area contributed by atoms with Crippen molar-refractivity contribution in [2.75, 3.05) is 0 Å². The van der Waals surface area contributed by atoms with Gasteiger partial charge in [-0.05, 0) is 66.2 Å². The number of aromatic nitrogens is 1. The van der Waals surface area contributed by atoms with Gasteiger partial charge in [-0.2, -0.15) is 0 Å². The highest BCUT2D eigenvalue weighted by Crippen LogP contribution is 2.34. The van der Waals surface area contributed by atoms with E-state index in [-0.39, 0.29) is 23.0 Å². The van der Waals surface area contributed by atoms with Crippen LogP contribution in [0.3, 0.4) is 0 Å². The Hall–Kier alpha value is -3.12. The minimum atomic E-state index is -0.340. The van der Waals surface area contributed by atoms with Crippen LogP contribution in [0.25, 0.3) is 17.0 Å². The van der Waals surface area contributed by atoms with E-state index in [0.29, 0.717) is 11.4 Å². The Labute approximate surface area is 172 Å². The maximum Gasteiger partial charge on any atom is 0.294 e. The van der Waals surface area contributed by atoms with Crippen LogP contribution in [0.4, 0.5) is 9.18 Å². The highest BCUT2D eigenvalue weighted by molar-refractivity contribution is 8.18. The molecule has 2 aromatic carbocycles. The topological polar surface area (TPSA) is 42.3 Å². The van der Waals surface area contributed by atoms with Gasteiger partial charge < -0.3 is 4.57 Å². The number of rotatable bonds is 5. The van der Waals surface area contributed by atoms with Gasteiger partial charge in [0.25, 0.3) is 11.1 Å². The summed E-state index contributed by atoms with van der Waals surface area (Å²) in [5.74, 6) is -0.544. The van der Waals surface area contributed by atoms with Crippen LogP contribution in [0.1, 0.15) is 18.1 Å². The number of amides is 2. The number of carbonyl (C=O) groups excluding carboxylic acids is 2. The van der Waals surface area contributed by atoms with Crippen LogP contribution in [0.15, 0.2) is 72.3 Å². The van der Waals surface area contributed by atoms with Gasteiger partial charge in [-0.3, -0.25) is 14.5 Å². The predicted molar refractivity (Wildman–Crippen MR) is 115 cm³/mol. The smallest absolute Gasteiger partial charge is 0.294 e. The molecule has 4 nitrogen and oxygen atoms in total. The predicted octanol–water partition coefficient (Wildman–Crippen LogP) is 5.44. The Morgan fingerprint density at radius 1 is 1.17 bits per heavy atom. The summed E-state index contributed by atoms with van der Waals surface area (Å²) in [6, 6.07) is 14.1. The largest absolute Gasteiger partial charge is 0.343 e. The van der Waals surface area contributed by atoms with Gasteiger partial charge >= 0.3 is 0 Å². The van der Waals surface area contributed by atoms with Crippen LogP contribution in [-0.2, 0) is 11.3 Å². The highest BCUT2D eigenvalue weighted by Gasteiger charge is 2.37. The van der Waals surface area contributed by atoms with Crippen molar-refractivity contribution in [3.63, 3.8) is 0 Å². The second-order valence-corrected chi connectivity index (χ2v) is 7.91. The van der Waals surface area contributed by atoms with Crippen LogP contribution in [0.2, 0.25) is 0 Å². The first-order chi connectivity index (χ1) is 14.0. The number of nitrogens with zero attached hydrogens (tertiary/aromatic N) is 2. The molecule has 0 aliphatic carbocycles. The number of hydrogen-bond acceptors (Lipinski definition) is 3. The second-order valence-electron chi connectivity index (χ2n) is 6.92. The molecule has 1 aliphatic heterocycles. The number of hydrogen-bond donors (Lipinski definition) is 0. The lowest BCUT2D eigenvalue weighted by Crippen LogP contribution is -2.35. The van der Waals surface area contributed by atoms with E-state index < -0.39 is 0 Å². The molecule has 0 radical (unpaired) electrons. The molecule has 146 valence electrons. The monoisotopic (exact) mass is 406 g/mol. The fraction of sp³-hybridized carbons (Fsp3) is 0.130. The van der Waals surface area contributed by atoms with Gasteiger partial charge in [-0.1, -0.05) is 24.3 Å². The fourth-order valence-electron chi connectivity index (χ4n) is 3.37. The van der Waals surface area contributed by atoms with Gasteiger partial charge in [0.1, 0.15) is 5.82 Å². The van der Waals surface area contributed by atoms with Crippen LogP contribution in [0, 0.1) is 5.82 Å². The lowest BCUT2D eigenvalue weighted by molar-refractivity contribution is -0.123. The molecule has 0 spiro atoms. The molecule has 1 saturated heterocycles. The number of carbonyl (C=O) groups is 2. The summed E-state index contributed by atoms with van der Waals surface area (Å²) in [6.07, 6.45) is 5.27. The van der Waals surface area contributed by atoms with Crippen molar-refractivity contribution in [2.45, 2.75) is 19.5 Å². The molecular weight excluding hydrogens is 387 g/mol. The van der Waals surface area contributed by atoms with Crippen LogP contribution in [0.5, 0.6) is 0 Å². The third kappa shape index (κ3) is 3.76. The third-order valence-electron chi connectivity index (χ3n) is 4.91. The Kier molecular flexibility index (Phi) is 5.11. The summed E-state index contributed by atoms with van der Waals surface area (Å²) in [4.78, 5) is 26.3. The normalized spacial score (nSPS) is 16.8. The molecule has 2 heterocycles. The van der Waals surface area contributed by atoms with E-state index in [4.69, 9.17) is 0 Å². The van der Waals surface area contributed by atoms with Crippen molar-refractivity contribution in [3.8, 4) is 0 Å². The van der Waals surface area contributed by atoms with Crippen LogP contribution < -0.4 is 0 Å². The Morgan fingerprint density at radius 2 is 2.00 bits per heavy atom. The van der Waals surface area contributed by atoms with Crippen molar-refractivity contribution in [1.82, 2.24) is 9.47 Å². The number of halogens is 1. The van der Waals surface area contributed by atoms with E-state index >= 15 is 0 Å². The summed E-state index contributed by atoms with van der Waals surface area (Å²) >= 11 is 0.944. The number of fused-ring (bicyclic) bond motifs is 1. The summed E-state index contributed by atoms with van der Waals surface area (Å²) in [6.45, 7) is 5.99. The molecule has 0 saturated carbocycles. The fourth-order valence-corrected chi connectivity index (χ4v) is 4.28. The van der Waals surface area contributed by atoms with E-state index in [9.17, 15) is 14.0 Å². The zero-order valence-electron chi connectivity index (χ0n) is 15.8. The SMILES string of the molecule is C=C[C@H](C)N1C(=O)S/C(=C/c2ccc3c(ccn3Cc3cccc(F)c3)c2)C1=O. The molecule has 4 rings (SSSR count). The minimum Gasteiger partial charge on any atom is -0.343 e. The molecule has 0 bridgehead atoms. The summed E-state index contributed by atoms with van der Waals surface area (Å²) in [7, 11) is 0. The standard InChI is InChI=1S/C23H19FN2O2S/c1-3-15(2)26-22(27)21(29-23(26)28)13-16-7-8-20-18(11-16)9-10-25(20)14-17-5-4-6-19(24)12-17/h3-13,15H,1,14H2,2H3/b21-13+/t15-/m0/s1. The van der Waals surface area contributed by atoms with E-state index in [1.807, 2.05) is 41.1 Å². The highest BCUT2D eigenvalue weighted by atomic mass is 32.2. The second kappa shape index (κ2) is 7.72. The summed E-state index contributed by atoms with van der Waals surface area (Å²) in [5, 5.41) is 0.727. The number of benzene rings is 2. The van der Waals surface area contributed by atoms with E-state index in [0.717, 1.165) is 33.8 Å². The van der Waals surface area contributed by atoms with Crippen molar-refractivity contribution >= 4 is 39.9 Å². The van der Waals surface area contributed by atoms with Gasteiger partial charge in [0.2, 0.25) is 0 Å². The average Bonchev–Trinajstić information content (AvgIpc) is 3.21. The molecule has 1 aliphatic rings. The van der Waals surface area contributed by atoms with Gasteiger partial charge in [0.15, 0.2) is 0 Å². The molecule has 3 aromatic rings. The van der Waals surface area contributed by atoms with Gasteiger partial charge in [0.05, 0.1) is 10.9 Å². The molecular formula is C23H19FN2O2S. The van der Waals surface area contributed by atoms with Crippen molar-refractivity contribution < 1.29 is 14.0 Å². The maximum atomic E-state index is 13.4. The Bertz CT molecular complexity index is 1160. The Balaban J connectivity index is 1.61. The van der Waals surface area contributed by atoms with E-state index in [1.165, 1.54) is 17.0 Å². The maximum absolute atomic E-state index is 13.4. The lowest BCUT2D eigenvalue weighted by Gasteiger charge is -2.17. The van der Waals surface area contributed by atoms with Gasteiger partial charge in [0, 0.05) is 23.6 Å². The van der Waals surface area contributed by atoms with Gasteiger partial charge in [-0.15, -0.1) is 6.58 Å². The summed E-state index contributed by atoms with van der Waals surface area (Å²) < 4.78 is 15.5. The molecule has 2 amide bonds. The van der Waals surface area contributed by atoms with E-state index in [1.54, 1.807) is 25.1 Å². The number of imide groups is 1. The van der Waals surface area contributed by atoms with Crippen molar-refractivity contribution in [1.29, 1.82) is 0 Å². The zero-order chi connectivity index (χ0) is 20.5. The Morgan fingerprint density at radius 3 is 2.76 bits per heavy atom. The average molecular weight is 406 g/mol. The first-order valence-corrected chi connectivity index (χ1v) is 10.0. The molecule has 0 unspecified atom stereocenters. The van der Waals surface area contributed by atoms with Gasteiger partial charge in [-0.25, -0.2) is 4.39 Å². The van der Waals surface area contributed by atoms with Crippen LogP contribution >= 0.6 is 11.8 Å². The first-order valence-electron chi connectivity index (χ1n) is 9.19. The molecule has 1 aromatic heterocycles. The molecule has 0 N–H and O–H groups in total. The molecule has 6 heteroatoms. The molecule has 1 fully saturated rings. The van der Waals surface area contributed by atoms with E-state index in [2.05, 4.69) is 6.58 Å². The van der Waals surface area contributed by atoms with Crippen LogP contribution in [-0.4, -0.2) is 26.7 Å². The molecule has 1 atom stereocenters. The third-order valence-corrected chi connectivity index (χ3v) is 5.79. The lowest BCUT2D eigenvalue weighted by atomic mass is 10.1. The minimum absolute atomic E-state index is 0.249. The number of thioether (sulfide) groups is 1. The zero-order valence-corrected chi connectivity index (χ0v) is 16.7. The van der Waals surface area contributed by atoms with Crippen molar-refractivity contribution in [2.24, 2.45) is 0 Å². The summed E-state index contributed by atoms with van der Waals surface area (Å²) in [5.41, 5.74) is 2.74. The van der Waals surface area contributed by atoms with Crippen molar-refractivity contribution in [3.05, 3.63) is 89.2 Å². The quantitative estimate of drug-likeness (QED) is 0.419.